The summed E-state index contributed by atoms with van der Waals surface area (Å²) in [4.78, 5) is 16.0. The van der Waals surface area contributed by atoms with Crippen molar-refractivity contribution in [2.45, 2.75) is 19.3 Å². The van der Waals surface area contributed by atoms with Gasteiger partial charge < -0.3 is 20.7 Å². The van der Waals surface area contributed by atoms with Crippen LogP contribution in [-0.4, -0.2) is 38.2 Å². The monoisotopic (exact) mass is 426 g/mol. The number of alkyl halides is 3. The van der Waals surface area contributed by atoms with Gasteiger partial charge >= 0.3 is 6.18 Å². The van der Waals surface area contributed by atoms with Gasteiger partial charge in [0.2, 0.25) is 5.91 Å². The van der Waals surface area contributed by atoms with E-state index >= 15 is 0 Å². The third-order valence-electron chi connectivity index (χ3n) is 3.79. The molecule has 162 valence electrons. The van der Waals surface area contributed by atoms with Gasteiger partial charge in [-0.15, -0.1) is 0 Å². The molecule has 0 saturated heterocycles. The van der Waals surface area contributed by atoms with Crippen molar-refractivity contribution < 1.29 is 27.1 Å². The van der Waals surface area contributed by atoms with Crippen molar-refractivity contribution in [3.05, 3.63) is 65.5 Å². The summed E-state index contributed by atoms with van der Waals surface area (Å²) in [6.07, 6.45) is -4.34. The Morgan fingerprint density at radius 2 is 1.63 bits per heavy atom. The number of hydrogen-bond donors (Lipinski definition) is 3. The van der Waals surface area contributed by atoms with E-state index in [-0.39, 0.29) is 19.1 Å². The average molecular weight is 426 g/mol. The summed E-state index contributed by atoms with van der Waals surface area (Å²) in [5.74, 6) is -0.327. The number of hydrogen-bond acceptors (Lipinski definition) is 3. The highest BCUT2D eigenvalue weighted by Gasteiger charge is 2.27. The number of anilines is 1. The molecule has 2 aromatic carbocycles. The molecule has 6 nitrogen and oxygen atoms in total. The van der Waals surface area contributed by atoms with Crippen LogP contribution in [0.25, 0.3) is 0 Å². The number of nitrogens with one attached hydrogen (secondary N) is 3. The lowest BCUT2D eigenvalue weighted by atomic mass is 10.1. The number of carbonyl (C=O) groups is 1. The van der Waals surface area contributed by atoms with Crippen molar-refractivity contribution in [1.82, 2.24) is 10.6 Å². The Morgan fingerprint density at radius 1 is 1.00 bits per heavy atom. The summed E-state index contributed by atoms with van der Waals surface area (Å²) >= 11 is 0. The van der Waals surface area contributed by atoms with Crippen molar-refractivity contribution in [2.24, 2.45) is 4.99 Å². The third-order valence-corrected chi connectivity index (χ3v) is 3.79. The fraction of sp³-hybridized carbons (Fsp3) is 0.300. The first-order chi connectivity index (χ1) is 14.2. The van der Waals surface area contributed by atoms with Crippen molar-refractivity contribution in [2.75, 3.05) is 25.5 Å². The Labute approximate surface area is 171 Å². The Morgan fingerprint density at radius 3 is 2.23 bits per heavy atom. The smallest absolute Gasteiger partial charge is 0.367 e. The number of nitrogens with zero attached hydrogens (tertiary/aromatic N) is 1. The highest BCUT2D eigenvalue weighted by Crippen LogP contribution is 2.15. The summed E-state index contributed by atoms with van der Waals surface area (Å²) in [5, 5.41) is 8.50. The molecule has 0 aliphatic carbocycles. The maximum absolute atomic E-state index is 12.9. The molecule has 0 aliphatic rings. The van der Waals surface area contributed by atoms with Gasteiger partial charge in [0.15, 0.2) is 5.96 Å². The van der Waals surface area contributed by atoms with E-state index in [1.165, 1.54) is 24.3 Å². The topological polar surface area (TPSA) is 74.8 Å². The second kappa shape index (κ2) is 11.1. The molecule has 0 heterocycles. The normalized spacial score (nSPS) is 11.8. The van der Waals surface area contributed by atoms with Gasteiger partial charge in [-0.1, -0.05) is 24.3 Å². The minimum Gasteiger partial charge on any atom is -0.367 e. The van der Waals surface area contributed by atoms with Gasteiger partial charge in [0.25, 0.3) is 0 Å². The predicted molar refractivity (Wildman–Crippen MR) is 105 cm³/mol. The highest BCUT2D eigenvalue weighted by atomic mass is 19.4. The van der Waals surface area contributed by atoms with Crippen LogP contribution < -0.4 is 16.0 Å². The first-order valence-corrected chi connectivity index (χ1v) is 8.97. The zero-order valence-corrected chi connectivity index (χ0v) is 16.2. The fourth-order valence-electron chi connectivity index (χ4n) is 2.35. The molecule has 30 heavy (non-hydrogen) atoms. The molecule has 0 fully saturated rings. The van der Waals surface area contributed by atoms with E-state index in [4.69, 9.17) is 0 Å². The van der Waals surface area contributed by atoms with Crippen molar-refractivity contribution in [1.29, 1.82) is 0 Å². The Balaban J connectivity index is 1.73. The first kappa shape index (κ1) is 23.1. The zero-order valence-electron chi connectivity index (χ0n) is 16.2. The van der Waals surface area contributed by atoms with E-state index < -0.39 is 18.6 Å². The van der Waals surface area contributed by atoms with Crippen LogP contribution in [0, 0.1) is 5.82 Å². The molecule has 2 aromatic rings. The fourth-order valence-corrected chi connectivity index (χ4v) is 2.35. The molecular weight excluding hydrogens is 404 g/mol. The zero-order chi connectivity index (χ0) is 22.0. The minimum atomic E-state index is -4.34. The maximum Gasteiger partial charge on any atom is 0.411 e. The van der Waals surface area contributed by atoms with Gasteiger partial charge in [0, 0.05) is 19.3 Å². The van der Waals surface area contributed by atoms with Gasteiger partial charge in [-0.25, -0.2) is 4.39 Å². The molecule has 10 heteroatoms. The quantitative estimate of drug-likeness (QED) is 0.344. The number of guanidine groups is 1. The third kappa shape index (κ3) is 8.91. The van der Waals surface area contributed by atoms with Crippen LogP contribution in [0.3, 0.4) is 0 Å². The van der Waals surface area contributed by atoms with Crippen molar-refractivity contribution in [3.8, 4) is 0 Å². The average Bonchev–Trinajstić information content (AvgIpc) is 2.70. The number of amides is 1. The molecule has 0 aromatic heterocycles. The molecular formula is C20H22F4N4O2. The van der Waals surface area contributed by atoms with E-state index in [0.717, 1.165) is 5.56 Å². The van der Waals surface area contributed by atoms with Gasteiger partial charge in [0.1, 0.15) is 12.4 Å². The molecule has 0 spiro atoms. The van der Waals surface area contributed by atoms with Crippen LogP contribution in [0.1, 0.15) is 11.1 Å². The molecule has 3 N–H and O–H groups in total. The summed E-state index contributed by atoms with van der Waals surface area (Å²) in [6, 6.07) is 12.3. The Bertz CT molecular complexity index is 837. The standard InChI is InChI=1S/C20H22F4N4O2/c1-25-19(27-11-18(29)28-17-8-6-16(21)7-9-17)26-10-14-2-4-15(5-3-14)12-30-13-20(22,23)24/h2-9H,10-13H2,1H3,(H,28,29)(H2,25,26,27). The van der Waals surface area contributed by atoms with Crippen LogP contribution in [-0.2, 0) is 22.7 Å². The number of benzene rings is 2. The van der Waals surface area contributed by atoms with E-state index in [2.05, 4.69) is 25.7 Å². The number of ether oxygens (including phenoxy) is 1. The van der Waals surface area contributed by atoms with Crippen LogP contribution in [0.15, 0.2) is 53.5 Å². The largest absolute Gasteiger partial charge is 0.411 e. The molecule has 0 atom stereocenters. The SMILES string of the molecule is CN=C(NCC(=O)Nc1ccc(F)cc1)NCc1ccc(COCC(F)(F)F)cc1. The van der Waals surface area contributed by atoms with Crippen molar-refractivity contribution >= 4 is 17.6 Å². The van der Waals surface area contributed by atoms with Crippen LogP contribution in [0.5, 0.6) is 0 Å². The lowest BCUT2D eigenvalue weighted by Gasteiger charge is -2.12. The maximum atomic E-state index is 12.9. The number of rotatable bonds is 8. The molecule has 0 radical (unpaired) electrons. The van der Waals surface area contributed by atoms with E-state index in [9.17, 15) is 22.4 Å². The lowest BCUT2D eigenvalue weighted by molar-refractivity contribution is -0.176. The van der Waals surface area contributed by atoms with Gasteiger partial charge in [-0.05, 0) is 35.4 Å². The minimum absolute atomic E-state index is 0.0491. The van der Waals surface area contributed by atoms with Crippen LogP contribution in [0.4, 0.5) is 23.2 Å². The Hall–Kier alpha value is -3.14. The molecule has 2 rings (SSSR count). The summed E-state index contributed by atoms with van der Waals surface area (Å²) in [7, 11) is 1.55. The van der Waals surface area contributed by atoms with Gasteiger partial charge in [-0.2, -0.15) is 13.2 Å². The van der Waals surface area contributed by atoms with Crippen LogP contribution in [0.2, 0.25) is 0 Å². The second-order valence-corrected chi connectivity index (χ2v) is 6.26. The predicted octanol–water partition coefficient (Wildman–Crippen LogP) is 3.21. The summed E-state index contributed by atoms with van der Waals surface area (Å²) in [5.41, 5.74) is 1.97. The summed E-state index contributed by atoms with van der Waals surface area (Å²) in [6.45, 7) is -1.07. The first-order valence-electron chi connectivity index (χ1n) is 8.97. The van der Waals surface area contributed by atoms with Gasteiger partial charge in [0.05, 0.1) is 13.2 Å². The molecule has 1 amide bonds. The van der Waals surface area contributed by atoms with Gasteiger partial charge in [-0.3, -0.25) is 9.79 Å². The summed E-state index contributed by atoms with van der Waals surface area (Å²) < 4.78 is 53.7. The molecule has 0 aliphatic heterocycles. The van der Waals surface area contributed by atoms with Crippen molar-refractivity contribution in [3.63, 3.8) is 0 Å². The van der Waals surface area contributed by atoms with Crippen LogP contribution >= 0.6 is 0 Å². The number of aliphatic imine (C=N–C) groups is 1. The number of halogens is 4. The molecule has 0 unspecified atom stereocenters. The van der Waals surface area contributed by atoms with E-state index in [1.54, 1.807) is 31.3 Å². The lowest BCUT2D eigenvalue weighted by Crippen LogP contribution is -2.41. The number of carbonyl (C=O) groups excluding carboxylic acids is 1. The van der Waals surface area contributed by atoms with E-state index in [1.807, 2.05) is 0 Å². The highest BCUT2D eigenvalue weighted by molar-refractivity contribution is 5.94. The second-order valence-electron chi connectivity index (χ2n) is 6.26. The van der Waals surface area contributed by atoms with E-state index in [0.29, 0.717) is 23.8 Å². The Kier molecular flexibility index (Phi) is 8.60. The molecule has 0 bridgehead atoms. The molecule has 0 saturated carbocycles.